The molecule has 0 radical (unpaired) electrons. The monoisotopic (exact) mass is 269 g/mol. The van der Waals surface area contributed by atoms with Crippen LogP contribution in [0.15, 0.2) is 42.7 Å². The maximum absolute atomic E-state index is 4.35. The number of hydrogen-bond acceptors (Lipinski definition) is 3. The maximum atomic E-state index is 4.35. The molecule has 0 aliphatic heterocycles. The zero-order valence-corrected chi connectivity index (χ0v) is 12.6. The minimum atomic E-state index is 0.919. The summed E-state index contributed by atoms with van der Waals surface area (Å²) in [5.74, 6) is 0. The summed E-state index contributed by atoms with van der Waals surface area (Å²) in [5, 5.41) is 3.39. The van der Waals surface area contributed by atoms with Crippen molar-refractivity contribution in [2.75, 3.05) is 23.3 Å². The Morgan fingerprint density at radius 2 is 1.95 bits per heavy atom. The molecule has 0 bridgehead atoms. The summed E-state index contributed by atoms with van der Waals surface area (Å²) in [6, 6.07) is 10.7. The number of aryl methyl sites for hydroxylation is 1. The summed E-state index contributed by atoms with van der Waals surface area (Å²) < 4.78 is 0. The van der Waals surface area contributed by atoms with E-state index in [4.69, 9.17) is 0 Å². The van der Waals surface area contributed by atoms with Crippen LogP contribution in [0.4, 0.5) is 17.1 Å². The molecule has 0 saturated heterocycles. The first-order valence-corrected chi connectivity index (χ1v) is 7.27. The van der Waals surface area contributed by atoms with Crippen molar-refractivity contribution in [3.63, 3.8) is 0 Å². The van der Waals surface area contributed by atoms with Gasteiger partial charge in [-0.25, -0.2) is 0 Å². The molecule has 0 fully saturated rings. The van der Waals surface area contributed by atoms with E-state index in [0.717, 1.165) is 30.9 Å². The lowest BCUT2D eigenvalue weighted by Gasteiger charge is -2.24. The molecule has 0 unspecified atom stereocenters. The van der Waals surface area contributed by atoms with Crippen molar-refractivity contribution in [3.8, 4) is 0 Å². The number of nitrogens with one attached hydrogen (secondary N) is 1. The molecule has 1 aromatic heterocycles. The van der Waals surface area contributed by atoms with Crippen LogP contribution in [0.2, 0.25) is 0 Å². The molecule has 1 aromatic carbocycles. The molecule has 20 heavy (non-hydrogen) atoms. The Labute approximate surface area is 121 Å². The molecule has 106 valence electrons. The molecule has 2 aromatic rings. The van der Waals surface area contributed by atoms with Gasteiger partial charge in [-0.15, -0.1) is 0 Å². The summed E-state index contributed by atoms with van der Waals surface area (Å²) in [6.07, 6.45) is 4.91. The van der Waals surface area contributed by atoms with Crippen LogP contribution in [0, 0.1) is 6.92 Å². The van der Waals surface area contributed by atoms with Gasteiger partial charge in [0.2, 0.25) is 0 Å². The average Bonchev–Trinajstić information content (AvgIpc) is 2.46. The van der Waals surface area contributed by atoms with Crippen LogP contribution in [0.3, 0.4) is 0 Å². The summed E-state index contributed by atoms with van der Waals surface area (Å²) >= 11 is 0. The Bertz CT molecular complexity index is 551. The number of benzene rings is 1. The maximum Gasteiger partial charge on any atom is 0.0617 e. The second-order valence-corrected chi connectivity index (χ2v) is 4.94. The largest absolute Gasteiger partial charge is 0.384 e. The van der Waals surface area contributed by atoms with E-state index in [0.29, 0.717) is 0 Å². The predicted octanol–water partition coefficient (Wildman–Crippen LogP) is 4.37. The van der Waals surface area contributed by atoms with Crippen LogP contribution in [-0.4, -0.2) is 18.1 Å². The van der Waals surface area contributed by atoms with Crippen LogP contribution in [0.5, 0.6) is 0 Å². The fraction of sp³-hybridized carbons (Fsp3) is 0.353. The van der Waals surface area contributed by atoms with Gasteiger partial charge in [0.15, 0.2) is 0 Å². The van der Waals surface area contributed by atoms with Crippen molar-refractivity contribution in [3.05, 3.63) is 48.3 Å². The highest BCUT2D eigenvalue weighted by atomic mass is 15.1. The zero-order valence-electron chi connectivity index (χ0n) is 12.6. The minimum absolute atomic E-state index is 0.919. The first-order chi connectivity index (χ1) is 9.74. The molecule has 0 atom stereocenters. The number of rotatable bonds is 6. The first-order valence-electron chi connectivity index (χ1n) is 7.27. The minimum Gasteiger partial charge on any atom is -0.384 e. The topological polar surface area (TPSA) is 28.2 Å². The van der Waals surface area contributed by atoms with Gasteiger partial charge in [-0.1, -0.05) is 19.1 Å². The molecule has 0 amide bonds. The van der Waals surface area contributed by atoms with E-state index in [1.165, 1.54) is 11.3 Å². The Morgan fingerprint density at radius 3 is 2.65 bits per heavy atom. The third-order valence-electron chi connectivity index (χ3n) is 3.24. The van der Waals surface area contributed by atoms with Gasteiger partial charge in [0.25, 0.3) is 0 Å². The van der Waals surface area contributed by atoms with Gasteiger partial charge in [-0.05, 0) is 44.0 Å². The van der Waals surface area contributed by atoms with Crippen LogP contribution in [-0.2, 0) is 0 Å². The lowest BCUT2D eigenvalue weighted by Crippen LogP contribution is -2.16. The fourth-order valence-corrected chi connectivity index (χ4v) is 2.25. The molecular weight excluding hydrogens is 246 g/mol. The van der Waals surface area contributed by atoms with Crippen LogP contribution >= 0.6 is 0 Å². The summed E-state index contributed by atoms with van der Waals surface area (Å²) in [4.78, 5) is 6.63. The van der Waals surface area contributed by atoms with Crippen molar-refractivity contribution in [2.24, 2.45) is 0 Å². The average molecular weight is 269 g/mol. The second-order valence-electron chi connectivity index (χ2n) is 4.94. The summed E-state index contributed by atoms with van der Waals surface area (Å²) in [7, 11) is 0. The van der Waals surface area contributed by atoms with Crippen molar-refractivity contribution in [2.45, 2.75) is 27.2 Å². The fourth-order valence-electron chi connectivity index (χ4n) is 2.25. The second kappa shape index (κ2) is 6.94. The molecule has 0 aliphatic carbocycles. The number of pyridine rings is 1. The van der Waals surface area contributed by atoms with E-state index in [1.54, 1.807) is 0 Å². The molecule has 0 saturated carbocycles. The Kier molecular flexibility index (Phi) is 4.99. The number of nitrogens with zero attached hydrogens (tertiary/aromatic N) is 2. The van der Waals surface area contributed by atoms with E-state index in [9.17, 15) is 0 Å². The SMILES string of the molecule is CCCNc1cncc(N(CC)c2cccc(C)c2)c1. The number of aromatic nitrogens is 1. The summed E-state index contributed by atoms with van der Waals surface area (Å²) in [6.45, 7) is 8.34. The van der Waals surface area contributed by atoms with Crippen LogP contribution in [0.1, 0.15) is 25.8 Å². The highest BCUT2D eigenvalue weighted by molar-refractivity contribution is 5.66. The van der Waals surface area contributed by atoms with Gasteiger partial charge in [-0.3, -0.25) is 4.98 Å². The van der Waals surface area contributed by atoms with E-state index in [2.05, 4.69) is 66.3 Å². The van der Waals surface area contributed by atoms with Gasteiger partial charge in [0.05, 0.1) is 23.8 Å². The van der Waals surface area contributed by atoms with E-state index in [-0.39, 0.29) is 0 Å². The third kappa shape index (κ3) is 3.50. The van der Waals surface area contributed by atoms with E-state index in [1.807, 2.05) is 12.4 Å². The van der Waals surface area contributed by atoms with Gasteiger partial charge in [0, 0.05) is 18.8 Å². The molecule has 1 N–H and O–H groups in total. The molecule has 3 nitrogen and oxygen atoms in total. The molecule has 1 heterocycles. The van der Waals surface area contributed by atoms with Gasteiger partial charge >= 0.3 is 0 Å². The molecular formula is C17H23N3. The lowest BCUT2D eigenvalue weighted by atomic mass is 10.2. The van der Waals surface area contributed by atoms with E-state index >= 15 is 0 Å². The van der Waals surface area contributed by atoms with Gasteiger partial charge in [-0.2, -0.15) is 0 Å². The van der Waals surface area contributed by atoms with Gasteiger partial charge < -0.3 is 10.2 Å². The van der Waals surface area contributed by atoms with Crippen molar-refractivity contribution in [1.82, 2.24) is 4.98 Å². The van der Waals surface area contributed by atoms with Crippen LogP contribution in [0.25, 0.3) is 0 Å². The number of anilines is 3. The summed E-state index contributed by atoms with van der Waals surface area (Å²) in [5.41, 5.74) is 4.69. The quantitative estimate of drug-likeness (QED) is 0.844. The number of hydrogen-bond donors (Lipinski definition) is 1. The standard InChI is InChI=1S/C17H23N3/c1-4-9-19-15-11-17(13-18-12-15)20(5-2)16-8-6-7-14(3)10-16/h6-8,10-13,19H,4-5,9H2,1-3H3. The zero-order chi connectivity index (χ0) is 14.4. The molecule has 2 rings (SSSR count). The van der Waals surface area contributed by atoms with Crippen molar-refractivity contribution in [1.29, 1.82) is 0 Å². The predicted molar refractivity (Wildman–Crippen MR) is 86.9 cm³/mol. The third-order valence-corrected chi connectivity index (χ3v) is 3.24. The molecule has 0 spiro atoms. The Hall–Kier alpha value is -2.03. The Balaban J connectivity index is 2.27. The molecule has 0 aliphatic rings. The highest BCUT2D eigenvalue weighted by Crippen LogP contribution is 2.26. The first kappa shape index (κ1) is 14.4. The van der Waals surface area contributed by atoms with Crippen molar-refractivity contribution < 1.29 is 0 Å². The smallest absolute Gasteiger partial charge is 0.0617 e. The highest BCUT2D eigenvalue weighted by Gasteiger charge is 2.08. The lowest BCUT2D eigenvalue weighted by molar-refractivity contribution is 0.973. The van der Waals surface area contributed by atoms with Crippen molar-refractivity contribution >= 4 is 17.1 Å². The molecule has 3 heteroatoms. The van der Waals surface area contributed by atoms with Crippen LogP contribution < -0.4 is 10.2 Å². The van der Waals surface area contributed by atoms with E-state index < -0.39 is 0 Å². The Morgan fingerprint density at radius 1 is 1.10 bits per heavy atom. The normalized spacial score (nSPS) is 10.3. The van der Waals surface area contributed by atoms with Gasteiger partial charge in [0.1, 0.15) is 0 Å².